The van der Waals surface area contributed by atoms with Gasteiger partial charge in [0.15, 0.2) is 0 Å². The molecule has 0 atom stereocenters. The average molecular weight is 222 g/mol. The topological polar surface area (TPSA) is 72.7 Å². The van der Waals surface area contributed by atoms with Gasteiger partial charge in [-0.1, -0.05) is 0 Å². The Bertz CT molecular complexity index is 50.9. The minimum absolute atomic E-state index is 0.525. The third kappa shape index (κ3) is 3.18. The van der Waals surface area contributed by atoms with Crippen LogP contribution in [0.5, 0.6) is 0 Å². The van der Waals surface area contributed by atoms with E-state index in [1.54, 1.807) is 0 Å². The summed E-state index contributed by atoms with van der Waals surface area (Å²) >= 11 is -3.71. The number of hydrogen-bond acceptors (Lipinski definition) is 4. The first-order chi connectivity index (χ1) is 3.12. The Kier molecular flexibility index (Phi) is 3.00. The molecule has 0 spiro atoms. The van der Waals surface area contributed by atoms with E-state index in [-0.39, 0.29) is 0 Å². The molecule has 0 aliphatic carbocycles. The van der Waals surface area contributed by atoms with Crippen molar-refractivity contribution in [1.29, 1.82) is 0 Å². The minimum atomic E-state index is -3.71. The second-order valence-corrected chi connectivity index (χ2v) is 6.21. The fourth-order valence-corrected chi connectivity index (χ4v) is 0.401. The number of rotatable bonds is 2. The van der Waals surface area contributed by atoms with Crippen LogP contribution in [0.1, 0.15) is 0 Å². The fourth-order valence-electron chi connectivity index (χ4n) is 0.0598. The molecule has 0 amide bonds. The molecule has 0 aromatic heterocycles. The van der Waals surface area contributed by atoms with E-state index in [1.807, 2.05) is 0 Å². The number of aliphatic hydroxyl groups excluding tert-OH is 1. The fraction of sp³-hybridized carbons (Fsp3) is 1.00. The van der Waals surface area contributed by atoms with E-state index < -0.39 is 24.2 Å². The van der Waals surface area contributed by atoms with E-state index in [4.69, 9.17) is 12.0 Å². The third-order valence-electron chi connectivity index (χ3n) is 0.469. The summed E-state index contributed by atoms with van der Waals surface area (Å²) in [5.74, 6) is 0. The summed E-state index contributed by atoms with van der Waals surface area (Å²) in [7, 11) is 1.41. The molecule has 0 bridgehead atoms. The monoisotopic (exact) mass is 222 g/mol. The number of alkyl halides is 1. The van der Waals surface area contributed by atoms with Crippen LogP contribution < -0.4 is 23.1 Å². The Balaban J connectivity index is 3.36. The summed E-state index contributed by atoms with van der Waals surface area (Å²) in [5.41, 5.74) is 0. The summed E-state index contributed by atoms with van der Waals surface area (Å²) in [6.07, 6.45) is 0. The van der Waals surface area contributed by atoms with Gasteiger partial charge >= 0.3 is 46.7 Å². The molecule has 4 nitrogen and oxygen atoms in total. The molecular weight excluding hydrogens is 213 g/mol. The molecule has 0 aliphatic heterocycles. The van der Waals surface area contributed by atoms with E-state index in [9.17, 15) is 0 Å². The first kappa shape index (κ1) is 7.57. The normalized spacial score (nSPS) is 14.3. The van der Waals surface area contributed by atoms with Gasteiger partial charge < -0.3 is 0 Å². The van der Waals surface area contributed by atoms with Crippen molar-refractivity contribution < 1.29 is 31.5 Å². The van der Waals surface area contributed by atoms with E-state index >= 15 is 0 Å². The van der Waals surface area contributed by atoms with Crippen LogP contribution in [0.4, 0.5) is 0 Å². The van der Waals surface area contributed by atoms with E-state index in [0.29, 0.717) is 0 Å². The second-order valence-electron chi connectivity index (χ2n) is 0.926. The predicted octanol–water partition coefficient (Wildman–Crippen LogP) is -4.95. The SMILES string of the molecule is CN[I-](O)(O)CO. The molecule has 0 heterocycles. The molecule has 0 saturated carbocycles. The molecule has 0 unspecified atom stereocenters. The average Bonchev–Trinajstić information content (AvgIpc) is 1.68. The van der Waals surface area contributed by atoms with Crippen LogP contribution in [0, 0.1) is 0 Å². The summed E-state index contributed by atoms with van der Waals surface area (Å²) in [6.45, 7) is 0. The van der Waals surface area contributed by atoms with Gasteiger partial charge in [-0.05, 0) is 0 Å². The Morgan fingerprint density at radius 2 is 2.00 bits per heavy atom. The van der Waals surface area contributed by atoms with Gasteiger partial charge in [0.25, 0.3) is 0 Å². The predicted molar refractivity (Wildman–Crippen MR) is 20.6 cm³/mol. The molecule has 0 aromatic carbocycles. The van der Waals surface area contributed by atoms with Crippen molar-refractivity contribution in [2.75, 3.05) is 11.7 Å². The molecule has 0 rings (SSSR count). The van der Waals surface area contributed by atoms with Crippen molar-refractivity contribution in [3.63, 3.8) is 0 Å². The maximum atomic E-state index is 8.51. The van der Waals surface area contributed by atoms with Crippen LogP contribution in [-0.4, -0.2) is 23.6 Å². The Morgan fingerprint density at radius 3 is 2.00 bits per heavy atom. The van der Waals surface area contributed by atoms with E-state index in [1.165, 1.54) is 7.05 Å². The summed E-state index contributed by atoms with van der Waals surface area (Å²) in [6, 6.07) is 0. The first-order valence-corrected chi connectivity index (χ1v) is 6.14. The Hall–Kier alpha value is 0.570. The van der Waals surface area contributed by atoms with E-state index in [0.717, 1.165) is 0 Å². The zero-order valence-electron chi connectivity index (χ0n) is 3.93. The Labute approximate surface area is 47.1 Å². The molecule has 48 valence electrons. The molecule has 0 aliphatic rings. The van der Waals surface area contributed by atoms with Crippen molar-refractivity contribution in [3.05, 3.63) is 0 Å². The zero-order valence-corrected chi connectivity index (χ0v) is 6.08. The molecular formula is C2H9INO3-. The number of halogens is 1. The number of hydrogen-bond donors (Lipinski definition) is 4. The van der Waals surface area contributed by atoms with Crippen molar-refractivity contribution >= 4 is 0 Å². The van der Waals surface area contributed by atoms with Crippen LogP contribution in [0.3, 0.4) is 0 Å². The van der Waals surface area contributed by atoms with Crippen LogP contribution in [0.15, 0.2) is 0 Å². The molecule has 0 saturated heterocycles. The second kappa shape index (κ2) is 2.78. The van der Waals surface area contributed by atoms with Crippen molar-refractivity contribution in [2.24, 2.45) is 0 Å². The van der Waals surface area contributed by atoms with Gasteiger partial charge in [-0.3, -0.25) is 0 Å². The first-order valence-electron chi connectivity index (χ1n) is 1.61. The maximum absolute atomic E-state index is 8.51. The molecule has 5 heteroatoms. The van der Waals surface area contributed by atoms with Crippen LogP contribution in [0.25, 0.3) is 0 Å². The van der Waals surface area contributed by atoms with Crippen molar-refractivity contribution in [2.45, 2.75) is 0 Å². The van der Waals surface area contributed by atoms with Crippen LogP contribution >= 0.6 is 0 Å². The number of nitrogens with one attached hydrogen (secondary N) is 1. The third-order valence-corrected chi connectivity index (χ3v) is 3.15. The Morgan fingerprint density at radius 1 is 1.57 bits per heavy atom. The van der Waals surface area contributed by atoms with Gasteiger partial charge in [0.1, 0.15) is 0 Å². The van der Waals surface area contributed by atoms with Crippen molar-refractivity contribution in [3.8, 4) is 0 Å². The van der Waals surface area contributed by atoms with Gasteiger partial charge in [-0.2, -0.15) is 0 Å². The van der Waals surface area contributed by atoms with Gasteiger partial charge in [-0.15, -0.1) is 0 Å². The summed E-state index contributed by atoms with van der Waals surface area (Å²) in [4.78, 5) is 0. The van der Waals surface area contributed by atoms with Crippen LogP contribution in [0.2, 0.25) is 0 Å². The van der Waals surface area contributed by atoms with E-state index in [2.05, 4.69) is 3.53 Å². The van der Waals surface area contributed by atoms with Crippen LogP contribution in [-0.2, 0) is 0 Å². The zero-order chi connectivity index (χ0) is 5.91. The summed E-state index contributed by atoms with van der Waals surface area (Å²) < 4.78 is 18.7. The van der Waals surface area contributed by atoms with Gasteiger partial charge in [0.05, 0.1) is 0 Å². The van der Waals surface area contributed by atoms with Crippen molar-refractivity contribution in [1.82, 2.24) is 3.53 Å². The van der Waals surface area contributed by atoms with Gasteiger partial charge in [-0.25, -0.2) is 0 Å². The number of aliphatic hydroxyl groups is 1. The molecule has 0 radical (unpaired) electrons. The molecule has 0 fully saturated rings. The standard InChI is InChI=1S/C2H9INO3/c1-4-3(6,7)2-5/h4-7H,2H2,1H3/q-1. The molecule has 4 N–H and O–H groups in total. The van der Waals surface area contributed by atoms with Gasteiger partial charge in [0, 0.05) is 0 Å². The molecule has 7 heavy (non-hydrogen) atoms. The summed E-state index contributed by atoms with van der Waals surface area (Å²) in [5, 5.41) is 8.11. The molecule has 0 aromatic rings. The quantitative estimate of drug-likeness (QED) is 0.214. The van der Waals surface area contributed by atoms with Gasteiger partial charge in [0.2, 0.25) is 0 Å².